The molecule has 0 spiro atoms. The van der Waals surface area contributed by atoms with Crippen LogP contribution in [0.25, 0.3) is 0 Å². The van der Waals surface area contributed by atoms with Crippen molar-refractivity contribution in [3.05, 3.63) is 0 Å². The second-order valence-electron chi connectivity index (χ2n) is 3.14. The van der Waals surface area contributed by atoms with Crippen molar-refractivity contribution in [3.63, 3.8) is 0 Å². The number of aliphatic hydroxyl groups is 1. The Kier molecular flexibility index (Phi) is 11.6. The van der Waals surface area contributed by atoms with Crippen molar-refractivity contribution in [1.29, 1.82) is 0 Å². The maximum Gasteiger partial charge on any atom is 0.221 e. The molecule has 0 atom stereocenters. The average Bonchev–Trinajstić information content (AvgIpc) is 2.22. The lowest BCUT2D eigenvalue weighted by Gasteiger charge is -2.04. The van der Waals surface area contributed by atoms with E-state index in [-0.39, 0.29) is 12.5 Å². The number of rotatable bonds is 10. The molecule has 90 valence electrons. The Balaban J connectivity index is 3.01. The first-order chi connectivity index (χ1) is 7.31. The van der Waals surface area contributed by atoms with Crippen LogP contribution in [0.1, 0.15) is 19.8 Å². The first kappa shape index (κ1) is 14.7. The molecule has 0 saturated heterocycles. The van der Waals surface area contributed by atoms with E-state index < -0.39 is 0 Å². The average molecular weight is 234 g/mol. The van der Waals surface area contributed by atoms with Crippen LogP contribution in [0.15, 0.2) is 0 Å². The maximum atomic E-state index is 11.0. The maximum absolute atomic E-state index is 11.0. The van der Waals surface area contributed by atoms with Gasteiger partial charge < -0.3 is 15.7 Å². The Bertz CT molecular complexity index is 156. The van der Waals surface area contributed by atoms with Gasteiger partial charge in [0, 0.05) is 38.4 Å². The number of hydrogen-bond acceptors (Lipinski definition) is 4. The number of carbonyl (C=O) groups excluding carboxylic acids is 1. The monoisotopic (exact) mass is 234 g/mol. The zero-order chi connectivity index (χ0) is 11.4. The predicted molar refractivity (Wildman–Crippen MR) is 65.2 cm³/mol. The molecule has 4 nitrogen and oxygen atoms in total. The molecule has 0 aliphatic heterocycles. The number of nitrogens with one attached hydrogen (secondary N) is 2. The smallest absolute Gasteiger partial charge is 0.221 e. The molecule has 1 amide bonds. The quantitative estimate of drug-likeness (QED) is 0.473. The van der Waals surface area contributed by atoms with Gasteiger partial charge in [0.05, 0.1) is 0 Å². The van der Waals surface area contributed by atoms with E-state index in [9.17, 15) is 4.79 Å². The third-order valence-corrected chi connectivity index (χ3v) is 2.84. The van der Waals surface area contributed by atoms with Crippen molar-refractivity contribution < 1.29 is 9.90 Å². The Morgan fingerprint density at radius 3 is 2.80 bits per heavy atom. The standard InChI is InChI=1S/C10H22N2O2S/c1-2-12-10(14)4-5-11-6-9-15-8-3-7-13/h11,13H,2-9H2,1H3,(H,12,14). The van der Waals surface area contributed by atoms with Gasteiger partial charge in [0.2, 0.25) is 5.91 Å². The number of aliphatic hydroxyl groups excluding tert-OH is 1. The van der Waals surface area contributed by atoms with Gasteiger partial charge in [0.15, 0.2) is 0 Å². The van der Waals surface area contributed by atoms with E-state index in [4.69, 9.17) is 5.11 Å². The second-order valence-corrected chi connectivity index (χ2v) is 4.37. The molecule has 15 heavy (non-hydrogen) atoms. The van der Waals surface area contributed by atoms with Gasteiger partial charge in [0.1, 0.15) is 0 Å². The van der Waals surface area contributed by atoms with Gasteiger partial charge in [-0.25, -0.2) is 0 Å². The summed E-state index contributed by atoms with van der Waals surface area (Å²) in [7, 11) is 0. The van der Waals surface area contributed by atoms with Crippen molar-refractivity contribution in [3.8, 4) is 0 Å². The fraction of sp³-hybridized carbons (Fsp3) is 0.900. The molecule has 0 fully saturated rings. The van der Waals surface area contributed by atoms with Crippen LogP contribution in [-0.2, 0) is 4.79 Å². The molecule has 0 aromatic heterocycles. The molecule has 0 radical (unpaired) electrons. The van der Waals surface area contributed by atoms with Crippen molar-refractivity contribution in [2.45, 2.75) is 19.8 Å². The van der Waals surface area contributed by atoms with Crippen LogP contribution in [0.5, 0.6) is 0 Å². The van der Waals surface area contributed by atoms with E-state index in [1.54, 1.807) is 0 Å². The highest BCUT2D eigenvalue weighted by Gasteiger charge is 1.97. The normalized spacial score (nSPS) is 10.3. The molecule has 0 aromatic rings. The number of hydrogen-bond donors (Lipinski definition) is 3. The Morgan fingerprint density at radius 2 is 2.13 bits per heavy atom. The van der Waals surface area contributed by atoms with Gasteiger partial charge >= 0.3 is 0 Å². The molecular formula is C10H22N2O2S. The summed E-state index contributed by atoms with van der Waals surface area (Å²) in [6.07, 6.45) is 1.42. The molecule has 0 heterocycles. The Labute approximate surface area is 96.2 Å². The topological polar surface area (TPSA) is 61.4 Å². The predicted octanol–water partition coefficient (Wildman–Crippen LogP) is 0.218. The largest absolute Gasteiger partial charge is 0.396 e. The fourth-order valence-corrected chi connectivity index (χ4v) is 1.85. The van der Waals surface area contributed by atoms with Gasteiger partial charge in [-0.3, -0.25) is 4.79 Å². The lowest BCUT2D eigenvalue weighted by atomic mass is 10.4. The van der Waals surface area contributed by atoms with E-state index in [2.05, 4.69) is 10.6 Å². The van der Waals surface area contributed by atoms with Crippen molar-refractivity contribution in [2.75, 3.05) is 37.7 Å². The molecule has 3 N–H and O–H groups in total. The molecular weight excluding hydrogens is 212 g/mol. The fourth-order valence-electron chi connectivity index (χ4n) is 1.03. The zero-order valence-electron chi connectivity index (χ0n) is 9.42. The van der Waals surface area contributed by atoms with Gasteiger partial charge in [-0.2, -0.15) is 11.8 Å². The third-order valence-electron chi connectivity index (χ3n) is 1.77. The summed E-state index contributed by atoms with van der Waals surface area (Å²) >= 11 is 1.82. The van der Waals surface area contributed by atoms with Crippen molar-refractivity contribution >= 4 is 17.7 Å². The van der Waals surface area contributed by atoms with Gasteiger partial charge in [0.25, 0.3) is 0 Å². The highest BCUT2D eigenvalue weighted by molar-refractivity contribution is 7.99. The molecule has 0 aromatic carbocycles. The highest BCUT2D eigenvalue weighted by atomic mass is 32.2. The summed E-state index contributed by atoms with van der Waals surface area (Å²) in [5.74, 6) is 2.15. The summed E-state index contributed by atoms with van der Waals surface area (Å²) in [4.78, 5) is 11.0. The summed E-state index contributed by atoms with van der Waals surface area (Å²) in [6.45, 7) is 4.57. The minimum absolute atomic E-state index is 0.109. The SMILES string of the molecule is CCNC(=O)CCNCCSCCCO. The first-order valence-corrected chi connectivity index (χ1v) is 6.62. The van der Waals surface area contributed by atoms with E-state index in [1.807, 2.05) is 18.7 Å². The first-order valence-electron chi connectivity index (χ1n) is 5.47. The summed E-state index contributed by atoms with van der Waals surface area (Å²) in [6, 6.07) is 0. The molecule has 0 rings (SSSR count). The van der Waals surface area contributed by atoms with Gasteiger partial charge in [-0.05, 0) is 19.1 Å². The second kappa shape index (κ2) is 11.8. The minimum atomic E-state index is 0.109. The molecule has 0 saturated carbocycles. The molecule has 0 unspecified atom stereocenters. The lowest BCUT2D eigenvalue weighted by Crippen LogP contribution is -2.28. The number of amides is 1. The third kappa shape index (κ3) is 11.7. The number of carbonyl (C=O) groups is 1. The zero-order valence-corrected chi connectivity index (χ0v) is 10.2. The van der Waals surface area contributed by atoms with Crippen molar-refractivity contribution in [1.82, 2.24) is 10.6 Å². The summed E-state index contributed by atoms with van der Waals surface area (Å²) in [5, 5.41) is 14.5. The molecule has 5 heteroatoms. The molecule has 0 aliphatic carbocycles. The van der Waals surface area contributed by atoms with Crippen LogP contribution in [0.2, 0.25) is 0 Å². The molecule has 0 bridgehead atoms. The van der Waals surface area contributed by atoms with Crippen LogP contribution in [0.4, 0.5) is 0 Å². The lowest BCUT2D eigenvalue weighted by molar-refractivity contribution is -0.120. The van der Waals surface area contributed by atoms with E-state index in [1.165, 1.54) is 0 Å². The summed E-state index contributed by atoms with van der Waals surface area (Å²) in [5.41, 5.74) is 0. The van der Waals surface area contributed by atoms with E-state index in [0.717, 1.165) is 31.0 Å². The molecule has 0 aliphatic rings. The Morgan fingerprint density at radius 1 is 1.33 bits per heavy atom. The minimum Gasteiger partial charge on any atom is -0.396 e. The van der Waals surface area contributed by atoms with Gasteiger partial charge in [-0.1, -0.05) is 0 Å². The van der Waals surface area contributed by atoms with Crippen LogP contribution >= 0.6 is 11.8 Å². The van der Waals surface area contributed by atoms with Crippen LogP contribution in [0.3, 0.4) is 0 Å². The van der Waals surface area contributed by atoms with Crippen LogP contribution < -0.4 is 10.6 Å². The Hall–Kier alpha value is -0.260. The summed E-state index contributed by atoms with van der Waals surface area (Å²) < 4.78 is 0. The van der Waals surface area contributed by atoms with Crippen LogP contribution in [-0.4, -0.2) is 48.8 Å². The van der Waals surface area contributed by atoms with Gasteiger partial charge in [-0.15, -0.1) is 0 Å². The number of thioether (sulfide) groups is 1. The van der Waals surface area contributed by atoms with Crippen LogP contribution in [0, 0.1) is 0 Å². The van der Waals surface area contributed by atoms with Crippen molar-refractivity contribution in [2.24, 2.45) is 0 Å². The van der Waals surface area contributed by atoms with E-state index >= 15 is 0 Å². The highest BCUT2D eigenvalue weighted by Crippen LogP contribution is 1.99. The van der Waals surface area contributed by atoms with E-state index in [0.29, 0.717) is 13.0 Å².